The molecule has 23 heavy (non-hydrogen) atoms. The largest absolute Gasteiger partial charge is 0.379 e. The third-order valence-corrected chi connectivity index (χ3v) is 3.22. The molecule has 0 spiro atoms. The summed E-state index contributed by atoms with van der Waals surface area (Å²) in [5.74, 6) is 0. The van der Waals surface area contributed by atoms with Crippen LogP contribution in [0.1, 0.15) is 25.8 Å². The van der Waals surface area contributed by atoms with Crippen LogP contribution in [0.15, 0.2) is 43.0 Å². The Bertz CT molecular complexity index is 596. The molecule has 2 aromatic rings. The minimum Gasteiger partial charge on any atom is -0.379 e. The molecule has 1 aromatic heterocycles. The number of amides is 2. The lowest BCUT2D eigenvalue weighted by Gasteiger charge is -2.10. The smallest absolute Gasteiger partial charge is 0.315 e. The fourth-order valence-corrected chi connectivity index (χ4v) is 2.08. The third kappa shape index (κ3) is 6.12. The lowest BCUT2D eigenvalue weighted by Crippen LogP contribution is -2.36. The van der Waals surface area contributed by atoms with Gasteiger partial charge in [0.05, 0.1) is 12.4 Å². The molecule has 1 heterocycles. The molecule has 2 rings (SSSR count). The van der Waals surface area contributed by atoms with Crippen molar-refractivity contribution in [2.75, 3.05) is 13.2 Å². The number of imidazole rings is 1. The number of nitrogens with one attached hydrogen (secondary N) is 2. The van der Waals surface area contributed by atoms with Gasteiger partial charge in [-0.15, -0.1) is 0 Å². The Hall–Kier alpha value is -2.34. The zero-order valence-electron chi connectivity index (χ0n) is 13.7. The van der Waals surface area contributed by atoms with Crippen molar-refractivity contribution in [1.82, 2.24) is 20.2 Å². The molecule has 0 atom stereocenters. The number of benzene rings is 1. The van der Waals surface area contributed by atoms with Crippen LogP contribution in [-0.2, 0) is 11.3 Å². The first-order chi connectivity index (χ1) is 11.1. The van der Waals surface area contributed by atoms with Crippen molar-refractivity contribution in [3.8, 4) is 5.69 Å². The Labute approximate surface area is 136 Å². The first-order valence-corrected chi connectivity index (χ1v) is 7.85. The van der Waals surface area contributed by atoms with E-state index in [1.807, 2.05) is 48.9 Å². The van der Waals surface area contributed by atoms with Crippen LogP contribution in [0.4, 0.5) is 4.79 Å². The fourth-order valence-electron chi connectivity index (χ4n) is 2.08. The van der Waals surface area contributed by atoms with Gasteiger partial charge in [0.25, 0.3) is 0 Å². The number of carbonyl (C=O) groups excluding carboxylic acids is 1. The van der Waals surface area contributed by atoms with Gasteiger partial charge in [0.2, 0.25) is 0 Å². The lowest BCUT2D eigenvalue weighted by molar-refractivity contribution is 0.0774. The molecular weight excluding hydrogens is 292 g/mol. The molecule has 124 valence electrons. The number of rotatable bonds is 8. The van der Waals surface area contributed by atoms with Crippen LogP contribution in [0.5, 0.6) is 0 Å². The Morgan fingerprint density at radius 1 is 1.35 bits per heavy atom. The Balaban J connectivity index is 1.71. The van der Waals surface area contributed by atoms with Gasteiger partial charge in [-0.1, -0.05) is 12.1 Å². The maximum absolute atomic E-state index is 11.7. The second-order valence-electron chi connectivity index (χ2n) is 5.52. The monoisotopic (exact) mass is 316 g/mol. The highest BCUT2D eigenvalue weighted by Crippen LogP contribution is 2.09. The number of hydrogen-bond acceptors (Lipinski definition) is 3. The number of nitrogens with zero attached hydrogens (tertiary/aromatic N) is 2. The summed E-state index contributed by atoms with van der Waals surface area (Å²) in [6.07, 6.45) is 6.41. The van der Waals surface area contributed by atoms with Crippen molar-refractivity contribution >= 4 is 6.03 Å². The summed E-state index contributed by atoms with van der Waals surface area (Å²) in [5, 5.41) is 5.68. The number of urea groups is 1. The summed E-state index contributed by atoms with van der Waals surface area (Å²) in [4.78, 5) is 15.8. The first kappa shape index (κ1) is 17.0. The Morgan fingerprint density at radius 2 is 2.22 bits per heavy atom. The van der Waals surface area contributed by atoms with E-state index in [2.05, 4.69) is 15.6 Å². The van der Waals surface area contributed by atoms with Crippen molar-refractivity contribution in [2.45, 2.75) is 32.9 Å². The van der Waals surface area contributed by atoms with Crippen molar-refractivity contribution in [2.24, 2.45) is 0 Å². The maximum atomic E-state index is 11.7. The van der Waals surface area contributed by atoms with Crippen LogP contribution in [0.2, 0.25) is 0 Å². The predicted octanol–water partition coefficient (Wildman–Crippen LogP) is 2.49. The second kappa shape index (κ2) is 8.95. The van der Waals surface area contributed by atoms with Crippen LogP contribution in [0.25, 0.3) is 5.69 Å². The number of aromatic nitrogens is 2. The topological polar surface area (TPSA) is 68.2 Å². The van der Waals surface area contributed by atoms with E-state index in [0.717, 1.165) is 17.7 Å². The highest BCUT2D eigenvalue weighted by atomic mass is 16.5. The standard InChI is InChI=1S/C17H24N4O2/c1-14(2)23-10-4-7-19-17(22)20-12-15-5-3-6-16(11-15)21-9-8-18-13-21/h3,5-6,8-9,11,13-14H,4,7,10,12H2,1-2H3,(H2,19,20,22). The summed E-state index contributed by atoms with van der Waals surface area (Å²) in [6.45, 7) is 5.74. The van der Waals surface area contributed by atoms with E-state index in [0.29, 0.717) is 19.7 Å². The van der Waals surface area contributed by atoms with Gasteiger partial charge in [0, 0.05) is 37.8 Å². The average Bonchev–Trinajstić information content (AvgIpc) is 3.07. The van der Waals surface area contributed by atoms with E-state index in [-0.39, 0.29) is 12.1 Å². The summed E-state index contributed by atoms with van der Waals surface area (Å²) in [6, 6.07) is 7.81. The van der Waals surface area contributed by atoms with Crippen LogP contribution in [0, 0.1) is 0 Å². The zero-order valence-corrected chi connectivity index (χ0v) is 13.7. The molecule has 0 saturated heterocycles. The number of ether oxygens (including phenoxy) is 1. The molecule has 0 fully saturated rings. The van der Waals surface area contributed by atoms with Gasteiger partial charge in [-0.25, -0.2) is 9.78 Å². The molecule has 2 N–H and O–H groups in total. The van der Waals surface area contributed by atoms with Crippen LogP contribution < -0.4 is 10.6 Å². The van der Waals surface area contributed by atoms with Gasteiger partial charge < -0.3 is 19.9 Å². The van der Waals surface area contributed by atoms with E-state index >= 15 is 0 Å². The summed E-state index contributed by atoms with van der Waals surface area (Å²) < 4.78 is 7.35. The van der Waals surface area contributed by atoms with Crippen molar-refractivity contribution in [3.63, 3.8) is 0 Å². The SMILES string of the molecule is CC(C)OCCCNC(=O)NCc1cccc(-n2ccnc2)c1. The molecule has 2 amide bonds. The minimum absolute atomic E-state index is 0.164. The average molecular weight is 316 g/mol. The van der Waals surface area contributed by atoms with E-state index in [4.69, 9.17) is 4.74 Å². The van der Waals surface area contributed by atoms with Gasteiger partial charge >= 0.3 is 6.03 Å². The normalized spacial score (nSPS) is 10.7. The van der Waals surface area contributed by atoms with Gasteiger partial charge in [-0.2, -0.15) is 0 Å². The molecule has 6 nitrogen and oxygen atoms in total. The highest BCUT2D eigenvalue weighted by Gasteiger charge is 2.02. The van der Waals surface area contributed by atoms with Gasteiger partial charge in [0.1, 0.15) is 0 Å². The summed E-state index contributed by atoms with van der Waals surface area (Å²) in [5.41, 5.74) is 2.06. The molecule has 6 heteroatoms. The third-order valence-electron chi connectivity index (χ3n) is 3.22. The Morgan fingerprint density at radius 3 is 2.96 bits per heavy atom. The van der Waals surface area contributed by atoms with Crippen LogP contribution in [0.3, 0.4) is 0 Å². The van der Waals surface area contributed by atoms with Gasteiger partial charge in [-0.05, 0) is 38.0 Å². The quantitative estimate of drug-likeness (QED) is 0.735. The molecule has 0 radical (unpaired) electrons. The van der Waals surface area contributed by atoms with Crippen molar-refractivity contribution in [3.05, 3.63) is 48.5 Å². The Kier molecular flexibility index (Phi) is 6.62. The second-order valence-corrected chi connectivity index (χ2v) is 5.52. The van der Waals surface area contributed by atoms with E-state index < -0.39 is 0 Å². The molecule has 0 aliphatic carbocycles. The van der Waals surface area contributed by atoms with Gasteiger partial charge in [-0.3, -0.25) is 0 Å². The number of hydrogen-bond donors (Lipinski definition) is 2. The first-order valence-electron chi connectivity index (χ1n) is 7.85. The summed E-state index contributed by atoms with van der Waals surface area (Å²) >= 11 is 0. The fraction of sp³-hybridized carbons (Fsp3) is 0.412. The molecule has 0 aliphatic rings. The zero-order chi connectivity index (χ0) is 16.5. The molecule has 0 unspecified atom stereocenters. The van der Waals surface area contributed by atoms with Crippen molar-refractivity contribution < 1.29 is 9.53 Å². The molecule has 0 saturated carbocycles. The summed E-state index contributed by atoms with van der Waals surface area (Å²) in [7, 11) is 0. The molecular formula is C17H24N4O2. The van der Waals surface area contributed by atoms with E-state index in [1.54, 1.807) is 12.5 Å². The van der Waals surface area contributed by atoms with Crippen LogP contribution in [-0.4, -0.2) is 34.8 Å². The molecule has 0 aliphatic heterocycles. The van der Waals surface area contributed by atoms with E-state index in [1.165, 1.54) is 0 Å². The molecule has 0 bridgehead atoms. The maximum Gasteiger partial charge on any atom is 0.315 e. The van der Waals surface area contributed by atoms with Crippen LogP contribution >= 0.6 is 0 Å². The lowest BCUT2D eigenvalue weighted by atomic mass is 10.2. The van der Waals surface area contributed by atoms with Gasteiger partial charge in [0.15, 0.2) is 0 Å². The molecule has 1 aromatic carbocycles. The minimum atomic E-state index is -0.164. The highest BCUT2D eigenvalue weighted by molar-refractivity contribution is 5.73. The van der Waals surface area contributed by atoms with E-state index in [9.17, 15) is 4.79 Å². The van der Waals surface area contributed by atoms with Crippen molar-refractivity contribution in [1.29, 1.82) is 0 Å². The predicted molar refractivity (Wildman–Crippen MR) is 89.5 cm³/mol. The number of carbonyl (C=O) groups is 1.